The molecule has 0 bridgehead atoms. The van der Waals surface area contributed by atoms with Crippen LogP contribution < -0.4 is 5.32 Å². The maximum absolute atomic E-state index is 5.93. The Kier molecular flexibility index (Phi) is 12.8. The Morgan fingerprint density at radius 1 is 1.00 bits per heavy atom. The molecule has 6 heteroatoms. The number of aliphatic imine (C=N–C) groups is 1. The fourth-order valence-corrected chi connectivity index (χ4v) is 2.83. The van der Waals surface area contributed by atoms with Crippen LogP contribution in [-0.4, -0.2) is 77.2 Å². The molecule has 0 aromatic carbocycles. The summed E-state index contributed by atoms with van der Waals surface area (Å²) < 4.78 is 16.1. The van der Waals surface area contributed by atoms with E-state index in [1.54, 1.807) is 14.2 Å². The van der Waals surface area contributed by atoms with E-state index in [-0.39, 0.29) is 0 Å². The molecule has 1 fully saturated rings. The lowest BCUT2D eigenvalue weighted by molar-refractivity contribution is 0.00990. The van der Waals surface area contributed by atoms with E-state index in [9.17, 15) is 0 Å². The van der Waals surface area contributed by atoms with Crippen molar-refractivity contribution in [2.75, 3.05) is 60.2 Å². The highest BCUT2D eigenvalue weighted by Crippen LogP contribution is 2.14. The lowest BCUT2D eigenvalue weighted by Gasteiger charge is -2.34. The number of hydrogen-bond donors (Lipinski definition) is 1. The van der Waals surface area contributed by atoms with Crippen LogP contribution in [0.25, 0.3) is 0 Å². The minimum atomic E-state index is 0.384. The van der Waals surface area contributed by atoms with Gasteiger partial charge in [0.15, 0.2) is 5.96 Å². The third-order valence-corrected chi connectivity index (χ3v) is 4.19. The lowest BCUT2D eigenvalue weighted by atomic mass is 10.1. The number of likely N-dealkylation sites (tertiary alicyclic amines) is 1. The van der Waals surface area contributed by atoms with Crippen LogP contribution in [0.4, 0.5) is 0 Å². The number of ether oxygens (including phenoxy) is 3. The average molecular weight is 344 g/mol. The van der Waals surface area contributed by atoms with E-state index in [0.717, 1.165) is 84.1 Å². The zero-order valence-corrected chi connectivity index (χ0v) is 15.9. The number of guanidine groups is 1. The average Bonchev–Trinajstić information content (AvgIpc) is 2.61. The maximum Gasteiger partial charge on any atom is 0.193 e. The summed E-state index contributed by atoms with van der Waals surface area (Å²) in [6, 6.07) is 0. The van der Waals surface area contributed by atoms with Gasteiger partial charge in [-0.2, -0.15) is 0 Å². The number of nitrogens with zero attached hydrogens (tertiary/aromatic N) is 2. The molecule has 24 heavy (non-hydrogen) atoms. The van der Waals surface area contributed by atoms with Gasteiger partial charge in [-0.1, -0.05) is 0 Å². The molecule has 1 aliphatic heterocycles. The molecule has 0 saturated carbocycles. The molecule has 1 aliphatic rings. The Labute approximate surface area is 147 Å². The summed E-state index contributed by atoms with van der Waals surface area (Å²) in [5.41, 5.74) is 0. The van der Waals surface area contributed by atoms with Crippen LogP contribution in [0.1, 0.15) is 45.4 Å². The molecular weight excluding hydrogens is 306 g/mol. The molecule has 0 aromatic heterocycles. The van der Waals surface area contributed by atoms with Gasteiger partial charge in [0.1, 0.15) is 0 Å². The van der Waals surface area contributed by atoms with E-state index >= 15 is 0 Å². The van der Waals surface area contributed by atoms with Gasteiger partial charge >= 0.3 is 0 Å². The van der Waals surface area contributed by atoms with Gasteiger partial charge in [-0.15, -0.1) is 0 Å². The second kappa shape index (κ2) is 14.5. The van der Waals surface area contributed by atoms with Crippen molar-refractivity contribution in [1.82, 2.24) is 10.2 Å². The quantitative estimate of drug-likeness (QED) is 0.335. The molecule has 0 aliphatic carbocycles. The zero-order chi connectivity index (χ0) is 17.5. The second-order valence-electron chi connectivity index (χ2n) is 6.19. The summed E-state index contributed by atoms with van der Waals surface area (Å²) in [6.07, 6.45) is 6.93. The molecule has 0 radical (unpaired) electrons. The monoisotopic (exact) mass is 343 g/mol. The van der Waals surface area contributed by atoms with Crippen LogP contribution in [0.15, 0.2) is 4.99 Å². The second-order valence-corrected chi connectivity index (χ2v) is 6.19. The fraction of sp³-hybridized carbons (Fsp3) is 0.944. The van der Waals surface area contributed by atoms with Crippen LogP contribution in [0, 0.1) is 0 Å². The number of methoxy groups -OCH3 is 2. The van der Waals surface area contributed by atoms with Gasteiger partial charge in [0.25, 0.3) is 0 Å². The fourth-order valence-electron chi connectivity index (χ4n) is 2.83. The Bertz CT molecular complexity index is 319. The highest BCUT2D eigenvalue weighted by atomic mass is 16.5. The van der Waals surface area contributed by atoms with E-state index in [1.807, 2.05) is 0 Å². The predicted octanol–water partition coefficient (Wildman–Crippen LogP) is 2.29. The lowest BCUT2D eigenvalue weighted by Crippen LogP contribution is -2.47. The standard InChI is InChI=1S/C18H37N3O3/c1-4-19-18(20-11-6-5-7-14-22-2)21-12-9-17(10-13-21)24-16-8-15-23-3/h17H,4-16H2,1-3H3,(H,19,20). The molecule has 0 atom stereocenters. The van der Waals surface area contributed by atoms with Gasteiger partial charge in [0, 0.05) is 60.2 Å². The molecule has 142 valence electrons. The Morgan fingerprint density at radius 2 is 1.71 bits per heavy atom. The van der Waals surface area contributed by atoms with E-state index in [2.05, 4.69) is 17.1 Å². The van der Waals surface area contributed by atoms with Crippen molar-refractivity contribution < 1.29 is 14.2 Å². The molecule has 6 nitrogen and oxygen atoms in total. The molecule has 0 amide bonds. The van der Waals surface area contributed by atoms with Crippen molar-refractivity contribution in [3.8, 4) is 0 Å². The van der Waals surface area contributed by atoms with E-state index < -0.39 is 0 Å². The van der Waals surface area contributed by atoms with Gasteiger partial charge < -0.3 is 24.4 Å². The molecular formula is C18H37N3O3. The zero-order valence-electron chi connectivity index (χ0n) is 15.9. The highest BCUT2D eigenvalue weighted by molar-refractivity contribution is 5.80. The first kappa shape index (κ1) is 21.2. The van der Waals surface area contributed by atoms with Gasteiger partial charge in [-0.3, -0.25) is 4.99 Å². The van der Waals surface area contributed by atoms with Crippen LogP contribution in [0.2, 0.25) is 0 Å². The SMILES string of the molecule is CCNC(=NCCCCCOC)N1CCC(OCCCOC)CC1. The smallest absolute Gasteiger partial charge is 0.193 e. The number of piperidine rings is 1. The third-order valence-electron chi connectivity index (χ3n) is 4.19. The molecule has 1 saturated heterocycles. The highest BCUT2D eigenvalue weighted by Gasteiger charge is 2.21. The predicted molar refractivity (Wildman–Crippen MR) is 98.7 cm³/mol. The van der Waals surface area contributed by atoms with Crippen LogP contribution in [-0.2, 0) is 14.2 Å². The maximum atomic E-state index is 5.93. The summed E-state index contributed by atoms with van der Waals surface area (Å²) in [5, 5.41) is 3.42. The summed E-state index contributed by atoms with van der Waals surface area (Å²) >= 11 is 0. The first-order chi connectivity index (χ1) is 11.8. The molecule has 1 N–H and O–H groups in total. The number of hydrogen-bond acceptors (Lipinski definition) is 4. The van der Waals surface area contributed by atoms with Crippen molar-refractivity contribution in [2.45, 2.75) is 51.6 Å². The van der Waals surface area contributed by atoms with Crippen molar-refractivity contribution in [1.29, 1.82) is 0 Å². The molecule has 0 unspecified atom stereocenters. The molecule has 1 rings (SSSR count). The third kappa shape index (κ3) is 9.45. The summed E-state index contributed by atoms with van der Waals surface area (Å²) in [4.78, 5) is 7.15. The van der Waals surface area contributed by atoms with Crippen LogP contribution >= 0.6 is 0 Å². The van der Waals surface area contributed by atoms with Crippen molar-refractivity contribution in [3.63, 3.8) is 0 Å². The number of nitrogens with one attached hydrogen (secondary N) is 1. The van der Waals surface area contributed by atoms with Gasteiger partial charge in [-0.25, -0.2) is 0 Å². The van der Waals surface area contributed by atoms with Crippen LogP contribution in [0.3, 0.4) is 0 Å². The number of rotatable bonds is 12. The van der Waals surface area contributed by atoms with Crippen molar-refractivity contribution >= 4 is 5.96 Å². The Hall–Kier alpha value is -0.850. The number of unbranched alkanes of at least 4 members (excludes halogenated alkanes) is 2. The van der Waals surface area contributed by atoms with Gasteiger partial charge in [0.2, 0.25) is 0 Å². The summed E-state index contributed by atoms with van der Waals surface area (Å²) in [5.74, 6) is 1.06. The van der Waals surface area contributed by atoms with Crippen LogP contribution in [0.5, 0.6) is 0 Å². The summed E-state index contributed by atoms with van der Waals surface area (Å²) in [7, 11) is 3.49. The van der Waals surface area contributed by atoms with E-state index in [4.69, 9.17) is 19.2 Å². The summed E-state index contributed by atoms with van der Waals surface area (Å²) in [6.45, 7) is 8.39. The normalized spacial score (nSPS) is 16.6. The Balaban J connectivity index is 2.26. The van der Waals surface area contributed by atoms with Gasteiger partial charge in [-0.05, 0) is 45.4 Å². The molecule has 0 spiro atoms. The first-order valence-corrected chi connectivity index (χ1v) is 9.44. The first-order valence-electron chi connectivity index (χ1n) is 9.44. The molecule has 0 aromatic rings. The Morgan fingerprint density at radius 3 is 2.38 bits per heavy atom. The topological polar surface area (TPSA) is 55.3 Å². The minimum Gasteiger partial charge on any atom is -0.385 e. The van der Waals surface area contributed by atoms with E-state index in [1.165, 1.54) is 6.42 Å². The molecule has 1 heterocycles. The largest absolute Gasteiger partial charge is 0.385 e. The van der Waals surface area contributed by atoms with E-state index in [0.29, 0.717) is 6.10 Å². The van der Waals surface area contributed by atoms with Gasteiger partial charge in [0.05, 0.1) is 6.10 Å². The minimum absolute atomic E-state index is 0.384. The van der Waals surface area contributed by atoms with Crippen molar-refractivity contribution in [2.24, 2.45) is 4.99 Å². The van der Waals surface area contributed by atoms with Crippen molar-refractivity contribution in [3.05, 3.63) is 0 Å².